The van der Waals surface area contributed by atoms with Crippen LogP contribution in [0.4, 0.5) is 5.69 Å². The Kier molecular flexibility index (Phi) is 4.81. The first kappa shape index (κ1) is 19.4. The number of nitrogens with zero attached hydrogens (tertiary/aromatic N) is 4. The molecule has 0 saturated carbocycles. The molecule has 9 heteroatoms. The summed E-state index contributed by atoms with van der Waals surface area (Å²) in [5.41, 5.74) is 1.73. The predicted octanol–water partition coefficient (Wildman–Crippen LogP) is 3.89. The van der Waals surface area contributed by atoms with Gasteiger partial charge in [0.15, 0.2) is 0 Å². The molecule has 0 atom stereocenters. The van der Waals surface area contributed by atoms with E-state index in [4.69, 9.17) is 11.6 Å². The van der Waals surface area contributed by atoms with E-state index in [-0.39, 0.29) is 10.4 Å². The van der Waals surface area contributed by atoms with E-state index in [1.165, 1.54) is 10.9 Å². The molecule has 0 aliphatic heterocycles. The van der Waals surface area contributed by atoms with Crippen LogP contribution in [0.1, 0.15) is 32.2 Å². The van der Waals surface area contributed by atoms with Crippen molar-refractivity contribution in [1.82, 2.24) is 19.6 Å². The molecule has 0 spiro atoms. The third-order valence-corrected chi connectivity index (χ3v) is 6.02. The van der Waals surface area contributed by atoms with Crippen molar-refractivity contribution in [2.24, 2.45) is 0 Å². The Morgan fingerprint density at radius 1 is 1.15 bits per heavy atom. The van der Waals surface area contributed by atoms with E-state index in [1.54, 1.807) is 36.9 Å². The third-order valence-electron chi connectivity index (χ3n) is 4.06. The zero-order chi connectivity index (χ0) is 20.0. The Hall–Kier alpha value is -2.32. The second-order valence-corrected chi connectivity index (χ2v) is 9.34. The number of halogens is 1. The fourth-order valence-corrected chi connectivity index (χ4v) is 4.67. The van der Waals surface area contributed by atoms with Crippen LogP contribution in [0.25, 0.3) is 5.69 Å². The quantitative estimate of drug-likeness (QED) is 0.711. The lowest BCUT2D eigenvalue weighted by atomic mass is 10.1. The molecule has 3 rings (SSSR count). The number of benzene rings is 1. The molecule has 0 radical (unpaired) electrons. The summed E-state index contributed by atoms with van der Waals surface area (Å²) in [7, 11) is -3.81. The van der Waals surface area contributed by atoms with Gasteiger partial charge in [-0.15, -0.1) is 0 Å². The zero-order valence-electron chi connectivity index (χ0n) is 15.9. The van der Waals surface area contributed by atoms with E-state index < -0.39 is 10.0 Å². The molecule has 3 aromatic rings. The van der Waals surface area contributed by atoms with Gasteiger partial charge in [0.25, 0.3) is 10.0 Å². The van der Waals surface area contributed by atoms with Gasteiger partial charge in [0.05, 0.1) is 45.7 Å². The number of aromatic nitrogens is 4. The minimum atomic E-state index is -3.81. The van der Waals surface area contributed by atoms with Crippen molar-refractivity contribution in [3.63, 3.8) is 0 Å². The van der Waals surface area contributed by atoms with Crippen molar-refractivity contribution >= 4 is 27.3 Å². The van der Waals surface area contributed by atoms with E-state index in [2.05, 4.69) is 14.9 Å². The monoisotopic (exact) mass is 407 g/mol. The molecule has 1 aromatic carbocycles. The van der Waals surface area contributed by atoms with E-state index >= 15 is 0 Å². The lowest BCUT2D eigenvalue weighted by Crippen LogP contribution is -2.25. The molecule has 0 amide bonds. The van der Waals surface area contributed by atoms with Gasteiger partial charge in [0.2, 0.25) is 0 Å². The minimum Gasteiger partial charge on any atom is -0.276 e. The minimum absolute atomic E-state index is 0.183. The van der Waals surface area contributed by atoms with Crippen LogP contribution in [0.15, 0.2) is 41.6 Å². The fraction of sp³-hybridized carbons (Fsp3) is 0.333. The number of hydrogen-bond donors (Lipinski definition) is 1. The summed E-state index contributed by atoms with van der Waals surface area (Å²) < 4.78 is 31.8. The first-order valence-corrected chi connectivity index (χ1v) is 10.3. The number of para-hydroxylation sites is 1. The summed E-state index contributed by atoms with van der Waals surface area (Å²) in [6, 6.07) is 7.20. The summed E-state index contributed by atoms with van der Waals surface area (Å²) in [4.78, 5) is 0.183. The normalized spacial score (nSPS) is 12.4. The number of rotatable bonds is 4. The van der Waals surface area contributed by atoms with Gasteiger partial charge >= 0.3 is 0 Å². The maximum Gasteiger partial charge on any atom is 0.265 e. The molecular formula is C18H22ClN5O2S. The van der Waals surface area contributed by atoms with Crippen LogP contribution in [-0.2, 0) is 15.6 Å². The number of aryl methyl sites for hydroxylation is 1. The number of sulfonamides is 1. The predicted molar refractivity (Wildman–Crippen MR) is 106 cm³/mol. The number of nitrogens with one attached hydrogen (secondary N) is 1. The molecule has 2 heterocycles. The molecule has 2 aromatic heterocycles. The number of anilines is 1. The average Bonchev–Trinajstić information content (AvgIpc) is 3.11. The second-order valence-electron chi connectivity index (χ2n) is 7.31. The zero-order valence-corrected chi connectivity index (χ0v) is 17.4. The Balaban J connectivity index is 1.95. The summed E-state index contributed by atoms with van der Waals surface area (Å²) in [6.45, 7) is 9.38. The van der Waals surface area contributed by atoms with Gasteiger partial charge in [-0.2, -0.15) is 10.2 Å². The van der Waals surface area contributed by atoms with E-state index in [0.29, 0.717) is 27.8 Å². The molecule has 144 valence electrons. The summed E-state index contributed by atoms with van der Waals surface area (Å²) >= 11 is 6.17. The first-order valence-electron chi connectivity index (χ1n) is 8.40. The van der Waals surface area contributed by atoms with E-state index in [9.17, 15) is 8.42 Å². The first-order chi connectivity index (χ1) is 12.5. The van der Waals surface area contributed by atoms with Crippen molar-refractivity contribution in [3.05, 3.63) is 53.1 Å². The topological polar surface area (TPSA) is 81.8 Å². The van der Waals surface area contributed by atoms with Crippen LogP contribution >= 0.6 is 11.6 Å². The molecule has 0 fully saturated rings. The maximum atomic E-state index is 13.0. The van der Waals surface area contributed by atoms with Crippen molar-refractivity contribution in [3.8, 4) is 5.69 Å². The van der Waals surface area contributed by atoms with Crippen molar-refractivity contribution in [2.45, 2.75) is 45.1 Å². The summed E-state index contributed by atoms with van der Waals surface area (Å²) in [5, 5.41) is 9.13. The van der Waals surface area contributed by atoms with E-state index in [0.717, 1.165) is 0 Å². The Labute approximate surface area is 164 Å². The van der Waals surface area contributed by atoms with Gasteiger partial charge in [-0.1, -0.05) is 23.7 Å². The van der Waals surface area contributed by atoms with Crippen LogP contribution in [0.2, 0.25) is 5.02 Å². The Morgan fingerprint density at radius 3 is 2.41 bits per heavy atom. The van der Waals surface area contributed by atoms with Crippen LogP contribution in [0, 0.1) is 13.8 Å². The van der Waals surface area contributed by atoms with Crippen molar-refractivity contribution < 1.29 is 8.42 Å². The largest absolute Gasteiger partial charge is 0.276 e. The fourth-order valence-electron chi connectivity index (χ4n) is 3.02. The molecule has 7 nitrogen and oxygen atoms in total. The standard InChI is InChI=1S/C18H22ClN5O2S/c1-12-17(13(2)24(21-12)18(3,4)5)27(25,26)22-14-10-20-23(11-14)16-9-7-6-8-15(16)19/h6-11,22H,1-5H3. The van der Waals surface area contributed by atoms with Gasteiger partial charge in [-0.05, 0) is 46.8 Å². The Morgan fingerprint density at radius 2 is 1.81 bits per heavy atom. The van der Waals surface area contributed by atoms with Gasteiger partial charge in [0, 0.05) is 0 Å². The maximum absolute atomic E-state index is 13.0. The highest BCUT2D eigenvalue weighted by molar-refractivity contribution is 7.92. The van der Waals surface area contributed by atoms with Crippen LogP contribution in [0.3, 0.4) is 0 Å². The molecule has 0 saturated heterocycles. The molecule has 0 bridgehead atoms. The van der Waals surface area contributed by atoms with Crippen LogP contribution < -0.4 is 4.72 Å². The average molecular weight is 408 g/mol. The molecule has 0 aliphatic carbocycles. The highest BCUT2D eigenvalue weighted by atomic mass is 35.5. The highest BCUT2D eigenvalue weighted by Crippen LogP contribution is 2.27. The third kappa shape index (κ3) is 3.72. The smallest absolute Gasteiger partial charge is 0.265 e. The molecular weight excluding hydrogens is 386 g/mol. The van der Waals surface area contributed by atoms with Crippen LogP contribution in [-0.4, -0.2) is 28.0 Å². The van der Waals surface area contributed by atoms with Gasteiger partial charge < -0.3 is 0 Å². The van der Waals surface area contributed by atoms with Crippen molar-refractivity contribution in [1.29, 1.82) is 0 Å². The Bertz CT molecular complexity index is 1090. The second kappa shape index (κ2) is 6.69. The van der Waals surface area contributed by atoms with Gasteiger partial charge in [0.1, 0.15) is 4.90 Å². The highest BCUT2D eigenvalue weighted by Gasteiger charge is 2.28. The SMILES string of the molecule is Cc1nn(C(C)(C)C)c(C)c1S(=O)(=O)Nc1cnn(-c2ccccc2Cl)c1. The molecule has 27 heavy (non-hydrogen) atoms. The molecule has 1 N–H and O–H groups in total. The van der Waals surface area contributed by atoms with Gasteiger partial charge in [-0.3, -0.25) is 9.40 Å². The molecule has 0 unspecified atom stereocenters. The van der Waals surface area contributed by atoms with Crippen molar-refractivity contribution in [2.75, 3.05) is 4.72 Å². The van der Waals surface area contributed by atoms with Crippen LogP contribution in [0.5, 0.6) is 0 Å². The number of hydrogen-bond acceptors (Lipinski definition) is 4. The molecule has 0 aliphatic rings. The van der Waals surface area contributed by atoms with Gasteiger partial charge in [-0.25, -0.2) is 13.1 Å². The lowest BCUT2D eigenvalue weighted by molar-refractivity contribution is 0.345. The summed E-state index contributed by atoms with van der Waals surface area (Å²) in [6.07, 6.45) is 3.03. The lowest BCUT2D eigenvalue weighted by Gasteiger charge is -2.21. The summed E-state index contributed by atoms with van der Waals surface area (Å²) in [5.74, 6) is 0. The van der Waals surface area contributed by atoms with E-state index in [1.807, 2.05) is 32.9 Å².